The van der Waals surface area contributed by atoms with Gasteiger partial charge in [0.15, 0.2) is 0 Å². The zero-order valence-electron chi connectivity index (χ0n) is 13.0. The van der Waals surface area contributed by atoms with Crippen LogP contribution < -0.4 is 10.5 Å². The molecule has 122 valence electrons. The normalized spacial score (nSPS) is 18.2. The first-order valence-corrected chi connectivity index (χ1v) is 8.56. The Kier molecular flexibility index (Phi) is 4.93. The topological polar surface area (TPSA) is 38.1 Å². The lowest BCUT2D eigenvalue weighted by Crippen LogP contribution is -2.36. The van der Waals surface area contributed by atoms with Crippen LogP contribution in [-0.2, 0) is 6.54 Å². The maximum absolute atomic E-state index is 12.5. The molecule has 1 aromatic carbocycles. The van der Waals surface area contributed by atoms with Crippen LogP contribution in [0, 0.1) is 5.92 Å². The lowest BCUT2D eigenvalue weighted by molar-refractivity contribution is 0.445. The second kappa shape index (κ2) is 6.93. The molecule has 1 aliphatic heterocycles. The maximum atomic E-state index is 12.5. The molecule has 3 rings (SSSR count). The molecule has 0 radical (unpaired) electrons. The Morgan fingerprint density at radius 2 is 2.09 bits per heavy atom. The van der Waals surface area contributed by atoms with E-state index in [1.54, 1.807) is 12.3 Å². The van der Waals surface area contributed by atoms with Crippen LogP contribution in [0.25, 0.3) is 0 Å². The quantitative estimate of drug-likeness (QED) is 0.843. The molecule has 2 aromatic rings. The van der Waals surface area contributed by atoms with Gasteiger partial charge in [0.1, 0.15) is 5.02 Å². The average molecular weight is 352 g/mol. The van der Waals surface area contributed by atoms with Crippen LogP contribution in [0.2, 0.25) is 10.0 Å². The largest absolute Gasteiger partial charge is 0.369 e. The van der Waals surface area contributed by atoms with E-state index in [2.05, 4.69) is 16.9 Å². The van der Waals surface area contributed by atoms with Crippen molar-refractivity contribution in [2.24, 2.45) is 5.92 Å². The molecule has 0 spiro atoms. The van der Waals surface area contributed by atoms with Crippen LogP contribution >= 0.6 is 23.2 Å². The van der Waals surface area contributed by atoms with Gasteiger partial charge >= 0.3 is 0 Å². The van der Waals surface area contributed by atoms with Gasteiger partial charge in [-0.1, -0.05) is 48.3 Å². The molecule has 0 saturated carbocycles. The minimum atomic E-state index is -0.276. The van der Waals surface area contributed by atoms with Gasteiger partial charge in [0.2, 0.25) is 0 Å². The number of halogens is 2. The number of aromatic nitrogens is 2. The van der Waals surface area contributed by atoms with Crippen LogP contribution in [0.5, 0.6) is 0 Å². The van der Waals surface area contributed by atoms with Crippen LogP contribution in [0.3, 0.4) is 0 Å². The summed E-state index contributed by atoms with van der Waals surface area (Å²) in [4.78, 5) is 14.7. The third kappa shape index (κ3) is 3.54. The van der Waals surface area contributed by atoms with E-state index in [4.69, 9.17) is 23.2 Å². The molecule has 0 unspecified atom stereocenters. The predicted octanol–water partition coefficient (Wildman–Crippen LogP) is 3.83. The highest BCUT2D eigenvalue weighted by molar-refractivity contribution is 6.33. The lowest BCUT2D eigenvalue weighted by Gasteiger charge is -2.32. The standard InChI is InChI=1S/C17H19Cl2N3O/c1-12-5-4-8-21(10-12)15-9-20-22(17(23)16(15)19)11-13-6-2-3-7-14(13)18/h2-3,6-7,9,12H,4-5,8,10-11H2,1H3/t12-/m0/s1. The molecule has 2 heterocycles. The molecule has 23 heavy (non-hydrogen) atoms. The third-order valence-corrected chi connectivity index (χ3v) is 4.97. The van der Waals surface area contributed by atoms with Gasteiger partial charge in [-0.3, -0.25) is 4.79 Å². The third-order valence-electron chi connectivity index (χ3n) is 4.24. The monoisotopic (exact) mass is 351 g/mol. The Hall–Kier alpha value is -1.52. The summed E-state index contributed by atoms with van der Waals surface area (Å²) in [5.74, 6) is 0.602. The molecular weight excluding hydrogens is 333 g/mol. The van der Waals surface area contributed by atoms with E-state index in [9.17, 15) is 4.79 Å². The molecule has 0 amide bonds. The first-order chi connectivity index (χ1) is 11.1. The summed E-state index contributed by atoms with van der Waals surface area (Å²) in [6.07, 6.45) is 4.02. The summed E-state index contributed by atoms with van der Waals surface area (Å²) in [7, 11) is 0. The average Bonchev–Trinajstić information content (AvgIpc) is 2.54. The van der Waals surface area contributed by atoms with E-state index in [0.29, 0.717) is 17.5 Å². The first kappa shape index (κ1) is 16.3. The van der Waals surface area contributed by atoms with E-state index >= 15 is 0 Å². The van der Waals surface area contributed by atoms with Crippen molar-refractivity contribution < 1.29 is 0 Å². The highest BCUT2D eigenvalue weighted by Gasteiger charge is 2.21. The van der Waals surface area contributed by atoms with Gasteiger partial charge in [-0.15, -0.1) is 0 Å². The van der Waals surface area contributed by atoms with Crippen molar-refractivity contribution in [3.8, 4) is 0 Å². The number of nitrogens with zero attached hydrogens (tertiary/aromatic N) is 3. The molecule has 4 nitrogen and oxygen atoms in total. The highest BCUT2D eigenvalue weighted by Crippen LogP contribution is 2.26. The van der Waals surface area contributed by atoms with E-state index in [-0.39, 0.29) is 10.6 Å². The highest BCUT2D eigenvalue weighted by atomic mass is 35.5. The summed E-state index contributed by atoms with van der Waals surface area (Å²) in [5, 5.41) is 5.15. The molecule has 1 aromatic heterocycles. The number of rotatable bonds is 3. The Labute approximate surface area is 145 Å². The van der Waals surface area contributed by atoms with Gasteiger partial charge in [-0.05, 0) is 30.4 Å². The van der Waals surface area contributed by atoms with E-state index in [0.717, 1.165) is 30.8 Å². The van der Waals surface area contributed by atoms with Gasteiger partial charge in [0.05, 0.1) is 18.4 Å². The minimum absolute atomic E-state index is 0.237. The number of piperidine rings is 1. The van der Waals surface area contributed by atoms with Crippen molar-refractivity contribution in [3.63, 3.8) is 0 Å². The SMILES string of the molecule is C[C@H]1CCCN(c2cnn(Cc3ccccc3Cl)c(=O)c2Cl)C1. The summed E-state index contributed by atoms with van der Waals surface area (Å²) in [6, 6.07) is 7.42. The number of anilines is 1. The van der Waals surface area contributed by atoms with E-state index < -0.39 is 0 Å². The summed E-state index contributed by atoms with van der Waals surface area (Å²) < 4.78 is 1.36. The molecule has 1 fully saturated rings. The van der Waals surface area contributed by atoms with Gasteiger partial charge in [0, 0.05) is 18.1 Å². The lowest BCUT2D eigenvalue weighted by atomic mass is 10.00. The number of benzene rings is 1. The molecule has 6 heteroatoms. The second-order valence-corrected chi connectivity index (χ2v) is 6.88. The fourth-order valence-electron chi connectivity index (χ4n) is 2.99. The molecular formula is C17H19Cl2N3O. The van der Waals surface area contributed by atoms with Crippen molar-refractivity contribution in [3.05, 3.63) is 56.4 Å². The Morgan fingerprint density at radius 3 is 2.83 bits per heavy atom. The minimum Gasteiger partial charge on any atom is -0.369 e. The van der Waals surface area contributed by atoms with Crippen molar-refractivity contribution >= 4 is 28.9 Å². The van der Waals surface area contributed by atoms with Crippen molar-refractivity contribution in [1.82, 2.24) is 9.78 Å². The number of hydrogen-bond acceptors (Lipinski definition) is 3. The van der Waals surface area contributed by atoms with Gasteiger partial charge in [0.25, 0.3) is 5.56 Å². The van der Waals surface area contributed by atoms with Crippen molar-refractivity contribution in [1.29, 1.82) is 0 Å². The zero-order valence-corrected chi connectivity index (χ0v) is 14.5. The van der Waals surface area contributed by atoms with Crippen LogP contribution in [0.1, 0.15) is 25.3 Å². The fraction of sp³-hybridized carbons (Fsp3) is 0.412. The molecule has 0 aliphatic carbocycles. The summed E-state index contributed by atoms with van der Waals surface area (Å²) in [5.41, 5.74) is 1.31. The Bertz CT molecular complexity index is 760. The zero-order chi connectivity index (χ0) is 16.4. The van der Waals surface area contributed by atoms with Crippen LogP contribution in [0.4, 0.5) is 5.69 Å². The maximum Gasteiger partial charge on any atom is 0.287 e. The molecule has 0 N–H and O–H groups in total. The van der Waals surface area contributed by atoms with Crippen LogP contribution in [-0.4, -0.2) is 22.9 Å². The molecule has 0 bridgehead atoms. The van der Waals surface area contributed by atoms with Crippen molar-refractivity contribution in [2.45, 2.75) is 26.3 Å². The summed E-state index contributed by atoms with van der Waals surface area (Å²) >= 11 is 12.5. The molecule has 1 aliphatic rings. The van der Waals surface area contributed by atoms with E-state index in [1.807, 2.05) is 18.2 Å². The number of hydrogen-bond donors (Lipinski definition) is 0. The predicted molar refractivity (Wildman–Crippen MR) is 94.7 cm³/mol. The second-order valence-electron chi connectivity index (χ2n) is 6.09. The van der Waals surface area contributed by atoms with Gasteiger partial charge in [-0.2, -0.15) is 5.10 Å². The fourth-order valence-corrected chi connectivity index (χ4v) is 3.45. The van der Waals surface area contributed by atoms with Crippen molar-refractivity contribution in [2.75, 3.05) is 18.0 Å². The summed E-state index contributed by atoms with van der Waals surface area (Å²) in [6.45, 7) is 4.36. The van der Waals surface area contributed by atoms with Gasteiger partial charge < -0.3 is 4.90 Å². The molecule has 1 saturated heterocycles. The van der Waals surface area contributed by atoms with E-state index in [1.165, 1.54) is 11.1 Å². The Morgan fingerprint density at radius 1 is 1.30 bits per heavy atom. The Balaban J connectivity index is 1.89. The smallest absolute Gasteiger partial charge is 0.287 e. The first-order valence-electron chi connectivity index (χ1n) is 7.80. The molecule has 1 atom stereocenters. The van der Waals surface area contributed by atoms with Crippen LogP contribution in [0.15, 0.2) is 35.3 Å². The van der Waals surface area contributed by atoms with Gasteiger partial charge in [-0.25, -0.2) is 4.68 Å².